The number of hydrogen-bond acceptors (Lipinski definition) is 1. The van der Waals surface area contributed by atoms with Crippen molar-refractivity contribution in [2.24, 2.45) is 5.92 Å². The van der Waals surface area contributed by atoms with Crippen LogP contribution in [0.5, 0.6) is 0 Å². The van der Waals surface area contributed by atoms with E-state index in [1.165, 1.54) is 0 Å². The molecule has 0 aromatic rings. The van der Waals surface area contributed by atoms with Gasteiger partial charge in [-0.05, 0) is 0 Å². The molecule has 0 spiro atoms. The van der Waals surface area contributed by atoms with Crippen LogP contribution in [-0.2, 0) is 4.79 Å². The first kappa shape index (κ1) is 9.84. The molecule has 4 radical (unpaired) electrons. The van der Waals surface area contributed by atoms with Gasteiger partial charge in [-0.3, -0.25) is 4.79 Å². The normalized spacial score (nSPS) is 7.86. The molecule has 7 heavy (non-hydrogen) atoms. The molecule has 0 saturated heterocycles. The van der Waals surface area contributed by atoms with Crippen LogP contribution in [0.15, 0.2) is 0 Å². The Bertz CT molecular complexity index is 60.7. The summed E-state index contributed by atoms with van der Waals surface area (Å²) in [4.78, 5) is 9.70. The van der Waals surface area contributed by atoms with Crippen molar-refractivity contribution < 1.29 is 9.90 Å². The summed E-state index contributed by atoms with van der Waals surface area (Å²) in [6, 6.07) is 0. The van der Waals surface area contributed by atoms with Crippen molar-refractivity contribution in [2.75, 3.05) is 0 Å². The maximum Gasteiger partial charge on any atom is 0.305 e. The number of hydrogen-bond donors (Lipinski definition) is 1. The van der Waals surface area contributed by atoms with Crippen LogP contribution in [0.4, 0.5) is 0 Å². The van der Waals surface area contributed by atoms with Crippen LogP contribution >= 0.6 is 0 Å². The van der Waals surface area contributed by atoms with Gasteiger partial charge in [0.1, 0.15) is 0 Å². The molecule has 0 aromatic carbocycles. The molecule has 0 heterocycles. The molecule has 0 bridgehead atoms. The predicted octanol–water partition coefficient (Wildman–Crippen LogP) is 0.346. The van der Waals surface area contributed by atoms with Gasteiger partial charge in [0, 0.05) is 11.0 Å². The molecule has 2 nitrogen and oxygen atoms in total. The van der Waals surface area contributed by atoms with Crippen LogP contribution in [0.25, 0.3) is 0 Å². The fourth-order valence-electron chi connectivity index (χ4n) is 0. The first-order chi connectivity index (χ1) is 2.64. The lowest BCUT2D eigenvalue weighted by atomic mass is 10.2. The van der Waals surface area contributed by atoms with Crippen molar-refractivity contribution in [3.8, 4) is 0 Å². The summed E-state index contributed by atoms with van der Waals surface area (Å²) in [6.07, 6.45) is 0. The third-order valence-electron chi connectivity index (χ3n) is 0.494. The van der Waals surface area contributed by atoms with Gasteiger partial charge < -0.3 is 5.11 Å². The molecule has 3 heteroatoms. The minimum absolute atomic E-state index is 0. The predicted molar refractivity (Wildman–Crippen MR) is 28.2 cm³/mol. The standard InChI is InChI=1S/C4H8O2.Si/c1-3(2)4(5)6;/h3H,1-2H3,(H,5,6);. The SMILES string of the molecule is CC(C)C(=O)O.[Si]. The van der Waals surface area contributed by atoms with E-state index in [1.807, 2.05) is 0 Å². The van der Waals surface area contributed by atoms with Crippen molar-refractivity contribution in [1.82, 2.24) is 0 Å². The molecule has 0 unspecified atom stereocenters. The van der Waals surface area contributed by atoms with Crippen molar-refractivity contribution >= 4 is 16.9 Å². The Morgan fingerprint density at radius 1 is 1.57 bits per heavy atom. The molecule has 0 amide bonds. The van der Waals surface area contributed by atoms with Gasteiger partial charge in [0.25, 0.3) is 0 Å². The van der Waals surface area contributed by atoms with E-state index in [0.717, 1.165) is 0 Å². The maximum absolute atomic E-state index is 9.70. The van der Waals surface area contributed by atoms with E-state index < -0.39 is 5.97 Å². The quantitative estimate of drug-likeness (QED) is 0.502. The Labute approximate surface area is 47.6 Å². The molecule has 0 aliphatic heterocycles. The number of aliphatic carboxylic acids is 1. The second kappa shape index (κ2) is 3.86. The molecule has 0 aromatic heterocycles. The fourth-order valence-corrected chi connectivity index (χ4v) is 0. The lowest BCUT2D eigenvalue weighted by Gasteiger charge is -1.89. The highest BCUT2D eigenvalue weighted by molar-refractivity contribution is 5.75. The van der Waals surface area contributed by atoms with Gasteiger partial charge in [0.2, 0.25) is 0 Å². The van der Waals surface area contributed by atoms with Crippen LogP contribution in [0.1, 0.15) is 13.8 Å². The van der Waals surface area contributed by atoms with E-state index >= 15 is 0 Å². The second-order valence-electron chi connectivity index (χ2n) is 1.49. The van der Waals surface area contributed by atoms with Gasteiger partial charge >= 0.3 is 5.97 Å². The van der Waals surface area contributed by atoms with Crippen LogP contribution in [-0.4, -0.2) is 22.0 Å². The van der Waals surface area contributed by atoms with Crippen molar-refractivity contribution in [3.63, 3.8) is 0 Å². The lowest BCUT2D eigenvalue weighted by molar-refractivity contribution is -0.140. The Morgan fingerprint density at radius 3 is 1.71 bits per heavy atom. The molecule has 0 fully saturated rings. The minimum Gasteiger partial charge on any atom is -0.481 e. The number of carboxylic acids is 1. The largest absolute Gasteiger partial charge is 0.481 e. The average Bonchev–Trinajstić information content (AvgIpc) is 1.36. The van der Waals surface area contributed by atoms with Gasteiger partial charge in [-0.1, -0.05) is 13.8 Å². The highest BCUT2D eigenvalue weighted by atomic mass is 28.1. The second-order valence-corrected chi connectivity index (χ2v) is 1.49. The average molecular weight is 116 g/mol. The Balaban J connectivity index is 0. The van der Waals surface area contributed by atoms with Gasteiger partial charge in [0.05, 0.1) is 5.92 Å². The topological polar surface area (TPSA) is 37.3 Å². The highest BCUT2D eigenvalue weighted by Crippen LogP contribution is 1.87. The van der Waals surface area contributed by atoms with Crippen LogP contribution in [0, 0.1) is 5.92 Å². The molecule has 0 saturated carbocycles. The van der Waals surface area contributed by atoms with Crippen LogP contribution < -0.4 is 0 Å². The van der Waals surface area contributed by atoms with Crippen molar-refractivity contribution in [3.05, 3.63) is 0 Å². The number of carboxylic acid groups (broad SMARTS) is 1. The maximum atomic E-state index is 9.70. The Morgan fingerprint density at radius 2 is 1.71 bits per heavy atom. The smallest absolute Gasteiger partial charge is 0.305 e. The molecule has 40 valence electrons. The first-order valence-corrected chi connectivity index (χ1v) is 1.87. The minimum atomic E-state index is -0.741. The van der Waals surface area contributed by atoms with Gasteiger partial charge in [-0.15, -0.1) is 0 Å². The summed E-state index contributed by atoms with van der Waals surface area (Å²) in [5.74, 6) is -0.972. The molecule has 0 atom stereocenters. The first-order valence-electron chi connectivity index (χ1n) is 1.87. The molecule has 0 rings (SSSR count). The number of carbonyl (C=O) groups is 1. The summed E-state index contributed by atoms with van der Waals surface area (Å²) in [5, 5.41) is 7.99. The summed E-state index contributed by atoms with van der Waals surface area (Å²) in [5.41, 5.74) is 0. The molecule has 0 aliphatic rings. The van der Waals surface area contributed by atoms with E-state index in [-0.39, 0.29) is 16.9 Å². The van der Waals surface area contributed by atoms with E-state index in [2.05, 4.69) is 0 Å². The monoisotopic (exact) mass is 116 g/mol. The summed E-state index contributed by atoms with van der Waals surface area (Å²) in [6.45, 7) is 3.28. The molecular weight excluding hydrogens is 108 g/mol. The summed E-state index contributed by atoms with van der Waals surface area (Å²) >= 11 is 0. The fraction of sp³-hybridized carbons (Fsp3) is 0.750. The zero-order valence-corrected chi connectivity index (χ0v) is 5.43. The molecule has 1 N–H and O–H groups in total. The van der Waals surface area contributed by atoms with E-state index in [0.29, 0.717) is 0 Å². The third kappa shape index (κ3) is 5.69. The third-order valence-corrected chi connectivity index (χ3v) is 0.494. The molecular formula is C4H8O2Si. The zero-order valence-electron chi connectivity index (χ0n) is 4.43. The van der Waals surface area contributed by atoms with Crippen molar-refractivity contribution in [1.29, 1.82) is 0 Å². The zero-order chi connectivity index (χ0) is 5.15. The summed E-state index contributed by atoms with van der Waals surface area (Å²) in [7, 11) is 0. The van der Waals surface area contributed by atoms with Gasteiger partial charge in [-0.2, -0.15) is 0 Å². The van der Waals surface area contributed by atoms with E-state index in [1.54, 1.807) is 13.8 Å². The summed E-state index contributed by atoms with van der Waals surface area (Å²) < 4.78 is 0. The Kier molecular flexibility index (Phi) is 5.43. The number of rotatable bonds is 1. The van der Waals surface area contributed by atoms with Crippen molar-refractivity contribution in [2.45, 2.75) is 13.8 Å². The van der Waals surface area contributed by atoms with Gasteiger partial charge in [0.15, 0.2) is 0 Å². The highest BCUT2D eigenvalue weighted by Gasteiger charge is 1.99. The van der Waals surface area contributed by atoms with Crippen LogP contribution in [0.3, 0.4) is 0 Å². The molecule has 0 aliphatic carbocycles. The van der Waals surface area contributed by atoms with Crippen LogP contribution in [0.2, 0.25) is 0 Å². The van der Waals surface area contributed by atoms with E-state index in [9.17, 15) is 4.79 Å². The Hall–Kier alpha value is -0.313. The van der Waals surface area contributed by atoms with E-state index in [4.69, 9.17) is 5.11 Å². The lowest BCUT2D eigenvalue weighted by Crippen LogP contribution is -2.03. The van der Waals surface area contributed by atoms with Gasteiger partial charge in [-0.25, -0.2) is 0 Å².